The Morgan fingerprint density at radius 1 is 1.61 bits per heavy atom. The van der Waals surface area contributed by atoms with Crippen molar-refractivity contribution in [3.63, 3.8) is 0 Å². The van der Waals surface area contributed by atoms with E-state index in [1.54, 1.807) is 0 Å². The highest BCUT2D eigenvalue weighted by Gasteiger charge is 2.23. The Labute approximate surface area is 114 Å². The van der Waals surface area contributed by atoms with Crippen molar-refractivity contribution >= 4 is 23.1 Å². The number of carbonyl (C=O) groups is 1. The van der Waals surface area contributed by atoms with Crippen molar-refractivity contribution in [1.82, 2.24) is 10.2 Å². The molecule has 5 nitrogen and oxygen atoms in total. The van der Waals surface area contributed by atoms with Gasteiger partial charge >= 0.3 is 0 Å². The molecule has 2 unspecified atom stereocenters. The van der Waals surface area contributed by atoms with Crippen molar-refractivity contribution < 1.29 is 9.53 Å². The third-order valence-electron chi connectivity index (χ3n) is 3.24. The monoisotopic (exact) mass is 273 g/mol. The molecular weight excluding hydrogens is 250 g/mol. The zero-order chi connectivity index (χ0) is 13.5. The molecule has 0 spiro atoms. The lowest BCUT2D eigenvalue weighted by molar-refractivity contribution is -0.124. The molecule has 0 radical (unpaired) electrons. The highest BCUT2D eigenvalue weighted by atomic mass is 32.1. The Hall–Kier alpha value is -0.720. The van der Waals surface area contributed by atoms with E-state index >= 15 is 0 Å². The molecule has 0 aromatic rings. The van der Waals surface area contributed by atoms with Crippen LogP contribution in [0.4, 0.5) is 0 Å². The molecule has 3 N–H and O–H groups in total. The van der Waals surface area contributed by atoms with Gasteiger partial charge in [-0.25, -0.2) is 0 Å². The van der Waals surface area contributed by atoms with Gasteiger partial charge in [-0.1, -0.05) is 26.1 Å². The average molecular weight is 273 g/mol. The van der Waals surface area contributed by atoms with Crippen molar-refractivity contribution in [3.8, 4) is 0 Å². The second-order valence-electron chi connectivity index (χ2n) is 4.49. The van der Waals surface area contributed by atoms with Crippen LogP contribution in [0.25, 0.3) is 0 Å². The molecule has 104 valence electrons. The fraction of sp³-hybridized carbons (Fsp3) is 0.833. The maximum atomic E-state index is 11.9. The lowest BCUT2D eigenvalue weighted by Gasteiger charge is -2.32. The Kier molecular flexibility index (Phi) is 6.52. The van der Waals surface area contributed by atoms with E-state index in [1.165, 1.54) is 0 Å². The minimum atomic E-state index is -0.370. The number of hydrogen-bond donors (Lipinski definition) is 2. The van der Waals surface area contributed by atoms with Crippen LogP contribution in [0.2, 0.25) is 0 Å². The summed E-state index contributed by atoms with van der Waals surface area (Å²) in [6.07, 6.45) is 0.694. The van der Waals surface area contributed by atoms with Crippen LogP contribution in [-0.2, 0) is 9.53 Å². The van der Waals surface area contributed by atoms with Crippen molar-refractivity contribution in [2.75, 3.05) is 32.8 Å². The van der Waals surface area contributed by atoms with E-state index < -0.39 is 0 Å². The molecule has 1 rings (SSSR count). The molecule has 1 aliphatic rings. The Morgan fingerprint density at radius 3 is 2.89 bits per heavy atom. The SMILES string of the molecule is CCC(C(=O)NCC1CN(CC)CCO1)C(N)=S. The minimum Gasteiger partial charge on any atom is -0.393 e. The number of nitrogens with zero attached hydrogens (tertiary/aromatic N) is 1. The molecular formula is C12H23N3O2S. The lowest BCUT2D eigenvalue weighted by atomic mass is 10.1. The van der Waals surface area contributed by atoms with E-state index in [0.717, 1.165) is 26.2 Å². The Balaban J connectivity index is 2.35. The summed E-state index contributed by atoms with van der Waals surface area (Å²) in [5.41, 5.74) is 5.53. The zero-order valence-electron chi connectivity index (χ0n) is 11.1. The van der Waals surface area contributed by atoms with E-state index in [4.69, 9.17) is 22.7 Å². The number of rotatable bonds is 6. The Morgan fingerprint density at radius 2 is 2.33 bits per heavy atom. The van der Waals surface area contributed by atoms with Gasteiger partial charge in [-0.15, -0.1) is 0 Å². The molecule has 1 aliphatic heterocycles. The van der Waals surface area contributed by atoms with Crippen LogP contribution in [0.1, 0.15) is 20.3 Å². The quantitative estimate of drug-likeness (QED) is 0.674. The van der Waals surface area contributed by atoms with Gasteiger partial charge in [0.15, 0.2) is 0 Å². The molecule has 2 atom stereocenters. The fourth-order valence-electron chi connectivity index (χ4n) is 2.04. The molecule has 1 heterocycles. The van der Waals surface area contributed by atoms with E-state index in [0.29, 0.717) is 13.0 Å². The van der Waals surface area contributed by atoms with E-state index in [9.17, 15) is 4.79 Å². The third kappa shape index (κ3) is 4.51. The van der Waals surface area contributed by atoms with Crippen molar-refractivity contribution in [1.29, 1.82) is 0 Å². The number of morpholine rings is 1. The van der Waals surface area contributed by atoms with Crippen molar-refractivity contribution in [3.05, 3.63) is 0 Å². The van der Waals surface area contributed by atoms with Gasteiger partial charge in [0, 0.05) is 19.6 Å². The maximum Gasteiger partial charge on any atom is 0.230 e. The third-order valence-corrected chi connectivity index (χ3v) is 3.53. The van der Waals surface area contributed by atoms with Gasteiger partial charge in [0.1, 0.15) is 0 Å². The predicted octanol–water partition coefficient (Wildman–Crippen LogP) is 0.136. The zero-order valence-corrected chi connectivity index (χ0v) is 12.0. The highest BCUT2D eigenvalue weighted by Crippen LogP contribution is 2.06. The second kappa shape index (κ2) is 7.66. The number of nitrogens with two attached hydrogens (primary N) is 1. The van der Waals surface area contributed by atoms with Crippen LogP contribution in [0.15, 0.2) is 0 Å². The van der Waals surface area contributed by atoms with Crippen LogP contribution < -0.4 is 11.1 Å². The van der Waals surface area contributed by atoms with Gasteiger partial charge in [0.25, 0.3) is 0 Å². The number of ether oxygens (including phenoxy) is 1. The van der Waals surface area contributed by atoms with Crippen LogP contribution in [-0.4, -0.2) is 54.7 Å². The maximum absolute atomic E-state index is 11.9. The molecule has 0 aliphatic carbocycles. The Bertz CT molecular complexity index is 299. The number of hydrogen-bond acceptors (Lipinski definition) is 4. The van der Waals surface area contributed by atoms with Crippen LogP contribution in [0, 0.1) is 5.92 Å². The van der Waals surface area contributed by atoms with Crippen LogP contribution in [0.3, 0.4) is 0 Å². The van der Waals surface area contributed by atoms with Crippen LogP contribution >= 0.6 is 12.2 Å². The molecule has 0 aromatic heterocycles. The molecule has 6 heteroatoms. The molecule has 0 saturated carbocycles. The first kappa shape index (κ1) is 15.3. The van der Waals surface area contributed by atoms with E-state index in [1.807, 2.05) is 6.92 Å². The first-order valence-corrected chi connectivity index (χ1v) is 6.90. The summed E-state index contributed by atoms with van der Waals surface area (Å²) in [4.78, 5) is 14.4. The lowest BCUT2D eigenvalue weighted by Crippen LogP contribution is -2.48. The minimum absolute atomic E-state index is 0.0616. The summed E-state index contributed by atoms with van der Waals surface area (Å²) in [6.45, 7) is 8.11. The second-order valence-corrected chi connectivity index (χ2v) is 4.97. The van der Waals surface area contributed by atoms with E-state index in [-0.39, 0.29) is 22.9 Å². The molecule has 1 saturated heterocycles. The normalized spacial score (nSPS) is 22.4. The van der Waals surface area contributed by atoms with Gasteiger partial charge in [-0.3, -0.25) is 9.69 Å². The number of likely N-dealkylation sites (N-methyl/N-ethyl adjacent to an activating group) is 1. The summed E-state index contributed by atoms with van der Waals surface area (Å²) in [5.74, 6) is -0.465. The molecule has 0 bridgehead atoms. The standard InChI is InChI=1S/C12H23N3O2S/c1-3-10(11(13)18)12(16)14-7-9-8-15(4-2)5-6-17-9/h9-10H,3-8H2,1-2H3,(H2,13,18)(H,14,16). The number of nitrogens with one attached hydrogen (secondary N) is 1. The first-order valence-electron chi connectivity index (χ1n) is 6.49. The van der Waals surface area contributed by atoms with Gasteiger partial charge in [0.05, 0.1) is 23.6 Å². The van der Waals surface area contributed by atoms with Crippen molar-refractivity contribution in [2.45, 2.75) is 26.4 Å². The number of carbonyl (C=O) groups excluding carboxylic acids is 1. The summed E-state index contributed by atoms with van der Waals surface area (Å²) < 4.78 is 5.61. The van der Waals surface area contributed by atoms with Gasteiger partial charge in [0.2, 0.25) is 5.91 Å². The van der Waals surface area contributed by atoms with Gasteiger partial charge in [-0.2, -0.15) is 0 Å². The number of thiocarbonyl (C=S) groups is 1. The van der Waals surface area contributed by atoms with Crippen molar-refractivity contribution in [2.24, 2.45) is 11.7 Å². The van der Waals surface area contributed by atoms with E-state index in [2.05, 4.69) is 17.1 Å². The van der Waals surface area contributed by atoms with Gasteiger partial charge < -0.3 is 15.8 Å². The summed E-state index contributed by atoms with van der Waals surface area (Å²) >= 11 is 4.88. The molecule has 0 aromatic carbocycles. The number of amides is 1. The predicted molar refractivity (Wildman–Crippen MR) is 75.4 cm³/mol. The first-order chi connectivity index (χ1) is 8.58. The topological polar surface area (TPSA) is 67.6 Å². The fourth-order valence-corrected chi connectivity index (χ4v) is 2.32. The summed E-state index contributed by atoms with van der Waals surface area (Å²) in [7, 11) is 0. The molecule has 1 amide bonds. The van der Waals surface area contributed by atoms with Gasteiger partial charge in [-0.05, 0) is 13.0 Å². The molecule has 1 fully saturated rings. The molecule has 18 heavy (non-hydrogen) atoms. The summed E-state index contributed by atoms with van der Waals surface area (Å²) in [5, 5.41) is 2.87. The average Bonchev–Trinajstić information content (AvgIpc) is 2.37. The highest BCUT2D eigenvalue weighted by molar-refractivity contribution is 7.80. The van der Waals surface area contributed by atoms with Crippen LogP contribution in [0.5, 0.6) is 0 Å². The largest absolute Gasteiger partial charge is 0.393 e. The smallest absolute Gasteiger partial charge is 0.230 e. The summed E-state index contributed by atoms with van der Waals surface area (Å²) in [6, 6.07) is 0.